The van der Waals surface area contributed by atoms with Gasteiger partial charge in [0.1, 0.15) is 11.4 Å². The third-order valence-electron chi connectivity index (χ3n) is 4.94. The molecule has 0 aliphatic carbocycles. The van der Waals surface area contributed by atoms with Gasteiger partial charge in [0.15, 0.2) is 0 Å². The Hall–Kier alpha value is -2.47. The molecule has 1 aliphatic rings. The highest BCUT2D eigenvalue weighted by Gasteiger charge is 2.15. The van der Waals surface area contributed by atoms with Gasteiger partial charge in [-0.15, -0.1) is 11.8 Å². The van der Waals surface area contributed by atoms with E-state index in [0.29, 0.717) is 5.75 Å². The van der Waals surface area contributed by atoms with E-state index in [1.807, 2.05) is 35.7 Å². The molecule has 5 nitrogen and oxygen atoms in total. The molecule has 0 spiro atoms. The summed E-state index contributed by atoms with van der Waals surface area (Å²) >= 11 is 1.59. The molecule has 146 valence electrons. The largest absolute Gasteiger partial charge is 0.493 e. The van der Waals surface area contributed by atoms with Crippen LogP contribution in [0.3, 0.4) is 0 Å². The molecule has 1 N–H and O–H groups in total. The van der Waals surface area contributed by atoms with Crippen molar-refractivity contribution in [1.29, 1.82) is 0 Å². The fourth-order valence-electron chi connectivity index (χ4n) is 3.49. The van der Waals surface area contributed by atoms with Crippen LogP contribution in [0.5, 0.6) is 5.75 Å². The van der Waals surface area contributed by atoms with Crippen molar-refractivity contribution in [1.82, 2.24) is 14.7 Å². The second kappa shape index (κ2) is 8.27. The standard InChI is InChI=1S/C22H25N3O2S/c1-15-5-8-21-24-19(12-25(21)11-15)13-28-14-22(26)23-16(2)17-6-7-20-18(10-17)4-3-9-27-20/h5-8,10-12,16H,3-4,9,13-14H2,1-2H3,(H,23,26). The summed E-state index contributed by atoms with van der Waals surface area (Å²) in [6.07, 6.45) is 6.19. The Morgan fingerprint density at radius 1 is 1.32 bits per heavy atom. The van der Waals surface area contributed by atoms with E-state index in [0.717, 1.165) is 47.9 Å². The number of aromatic nitrogens is 2. The maximum atomic E-state index is 12.3. The lowest BCUT2D eigenvalue weighted by molar-refractivity contribution is -0.119. The lowest BCUT2D eigenvalue weighted by Gasteiger charge is -2.20. The Morgan fingerprint density at radius 2 is 2.21 bits per heavy atom. The van der Waals surface area contributed by atoms with Crippen molar-refractivity contribution >= 4 is 23.3 Å². The number of nitrogens with zero attached hydrogens (tertiary/aromatic N) is 2. The fraction of sp³-hybridized carbons (Fsp3) is 0.364. The molecule has 6 heteroatoms. The summed E-state index contributed by atoms with van der Waals surface area (Å²) in [5.74, 6) is 2.17. The van der Waals surface area contributed by atoms with E-state index < -0.39 is 0 Å². The van der Waals surface area contributed by atoms with E-state index in [-0.39, 0.29) is 11.9 Å². The number of hydrogen-bond acceptors (Lipinski definition) is 4. The minimum absolute atomic E-state index is 0.0153. The molecule has 2 aromatic heterocycles. The maximum Gasteiger partial charge on any atom is 0.230 e. The number of rotatable bonds is 6. The van der Waals surface area contributed by atoms with Crippen molar-refractivity contribution in [3.05, 3.63) is 65.1 Å². The third-order valence-corrected chi connectivity index (χ3v) is 5.91. The number of fused-ring (bicyclic) bond motifs is 2. The number of hydrogen-bond donors (Lipinski definition) is 1. The summed E-state index contributed by atoms with van der Waals surface area (Å²) in [5, 5.41) is 3.10. The van der Waals surface area contributed by atoms with Crippen molar-refractivity contribution in [2.24, 2.45) is 0 Å². The van der Waals surface area contributed by atoms with Crippen LogP contribution in [-0.4, -0.2) is 27.7 Å². The second-order valence-corrected chi connectivity index (χ2v) is 8.29. The number of nitrogens with one attached hydrogen (secondary N) is 1. The quantitative estimate of drug-likeness (QED) is 0.683. The van der Waals surface area contributed by atoms with Crippen LogP contribution in [-0.2, 0) is 17.0 Å². The summed E-state index contributed by atoms with van der Waals surface area (Å²) in [4.78, 5) is 16.9. The van der Waals surface area contributed by atoms with Gasteiger partial charge in [0, 0.05) is 18.1 Å². The van der Waals surface area contributed by atoms with Crippen molar-refractivity contribution in [2.75, 3.05) is 12.4 Å². The number of aryl methyl sites for hydroxylation is 2. The van der Waals surface area contributed by atoms with Crippen LogP contribution in [0.2, 0.25) is 0 Å². The Labute approximate surface area is 169 Å². The molecule has 0 fully saturated rings. The number of thioether (sulfide) groups is 1. The topological polar surface area (TPSA) is 55.6 Å². The minimum Gasteiger partial charge on any atom is -0.493 e. The number of carbonyl (C=O) groups is 1. The molecular formula is C22H25N3O2S. The number of imidazole rings is 1. The first-order valence-electron chi connectivity index (χ1n) is 9.65. The summed E-state index contributed by atoms with van der Waals surface area (Å²) < 4.78 is 7.70. The Kier molecular flexibility index (Phi) is 5.57. The minimum atomic E-state index is -0.0153. The van der Waals surface area contributed by atoms with Gasteiger partial charge in [0.25, 0.3) is 0 Å². The molecular weight excluding hydrogens is 370 g/mol. The summed E-state index contributed by atoms with van der Waals surface area (Å²) in [6.45, 7) is 4.88. The molecule has 3 heterocycles. The van der Waals surface area contributed by atoms with Crippen LogP contribution in [0, 0.1) is 6.92 Å². The Bertz CT molecular complexity index is 999. The Morgan fingerprint density at radius 3 is 3.11 bits per heavy atom. The third kappa shape index (κ3) is 4.33. The lowest BCUT2D eigenvalue weighted by atomic mass is 10.00. The molecule has 1 amide bonds. The van der Waals surface area contributed by atoms with Crippen molar-refractivity contribution < 1.29 is 9.53 Å². The van der Waals surface area contributed by atoms with Gasteiger partial charge in [0.2, 0.25) is 5.91 Å². The number of amides is 1. The number of ether oxygens (including phenoxy) is 1. The van der Waals surface area contributed by atoms with Gasteiger partial charge in [-0.05, 0) is 55.5 Å². The summed E-state index contributed by atoms with van der Waals surface area (Å²) in [5.41, 5.74) is 5.49. The van der Waals surface area contributed by atoms with E-state index >= 15 is 0 Å². The average molecular weight is 396 g/mol. The highest BCUT2D eigenvalue weighted by atomic mass is 32.2. The normalized spacial score (nSPS) is 14.4. The van der Waals surface area contributed by atoms with E-state index in [2.05, 4.69) is 35.6 Å². The van der Waals surface area contributed by atoms with Gasteiger partial charge >= 0.3 is 0 Å². The molecule has 1 aromatic carbocycles. The van der Waals surface area contributed by atoms with Gasteiger partial charge < -0.3 is 14.5 Å². The smallest absolute Gasteiger partial charge is 0.230 e. The average Bonchev–Trinajstić information content (AvgIpc) is 3.09. The predicted octanol–water partition coefficient (Wildman–Crippen LogP) is 4.08. The summed E-state index contributed by atoms with van der Waals surface area (Å²) in [7, 11) is 0. The first kappa shape index (κ1) is 18.9. The van der Waals surface area contributed by atoms with Gasteiger partial charge in [-0.2, -0.15) is 0 Å². The SMILES string of the molecule is Cc1ccc2nc(CSCC(=O)NC(C)c3ccc4c(c3)CCCO4)cn2c1. The van der Waals surface area contributed by atoms with Crippen LogP contribution >= 0.6 is 11.8 Å². The zero-order chi connectivity index (χ0) is 19.5. The number of carbonyl (C=O) groups excluding carboxylic acids is 1. The molecule has 0 radical (unpaired) electrons. The molecule has 1 unspecified atom stereocenters. The Balaban J connectivity index is 1.29. The van der Waals surface area contributed by atoms with E-state index in [4.69, 9.17) is 4.74 Å². The zero-order valence-corrected chi connectivity index (χ0v) is 17.1. The van der Waals surface area contributed by atoms with Gasteiger partial charge in [-0.3, -0.25) is 4.79 Å². The van der Waals surface area contributed by atoms with Crippen LogP contribution in [0.15, 0.2) is 42.7 Å². The molecule has 3 aromatic rings. The van der Waals surface area contributed by atoms with E-state index in [9.17, 15) is 4.79 Å². The van der Waals surface area contributed by atoms with Gasteiger partial charge in [-0.25, -0.2) is 4.98 Å². The highest BCUT2D eigenvalue weighted by Crippen LogP contribution is 2.27. The molecule has 28 heavy (non-hydrogen) atoms. The van der Waals surface area contributed by atoms with Crippen molar-refractivity contribution in [3.63, 3.8) is 0 Å². The zero-order valence-electron chi connectivity index (χ0n) is 16.3. The van der Waals surface area contributed by atoms with Crippen LogP contribution < -0.4 is 10.1 Å². The second-order valence-electron chi connectivity index (χ2n) is 7.31. The monoisotopic (exact) mass is 395 g/mol. The summed E-state index contributed by atoms with van der Waals surface area (Å²) in [6, 6.07) is 10.3. The van der Waals surface area contributed by atoms with Crippen molar-refractivity contribution in [2.45, 2.75) is 38.5 Å². The van der Waals surface area contributed by atoms with Crippen LogP contribution in [0.1, 0.15) is 41.8 Å². The molecule has 0 saturated heterocycles. The number of benzene rings is 1. The predicted molar refractivity (Wildman–Crippen MR) is 113 cm³/mol. The molecule has 0 bridgehead atoms. The number of pyridine rings is 1. The van der Waals surface area contributed by atoms with Crippen LogP contribution in [0.4, 0.5) is 0 Å². The van der Waals surface area contributed by atoms with Crippen LogP contribution in [0.25, 0.3) is 5.65 Å². The highest BCUT2D eigenvalue weighted by molar-refractivity contribution is 7.99. The van der Waals surface area contributed by atoms with Gasteiger partial charge in [0.05, 0.1) is 24.1 Å². The van der Waals surface area contributed by atoms with E-state index in [1.165, 1.54) is 11.1 Å². The molecule has 1 atom stereocenters. The molecule has 0 saturated carbocycles. The molecule has 4 rings (SSSR count). The lowest BCUT2D eigenvalue weighted by Crippen LogP contribution is -2.28. The van der Waals surface area contributed by atoms with Gasteiger partial charge in [-0.1, -0.05) is 18.2 Å². The van der Waals surface area contributed by atoms with E-state index in [1.54, 1.807) is 11.8 Å². The fourth-order valence-corrected chi connectivity index (χ4v) is 4.21. The first-order chi connectivity index (χ1) is 13.6. The maximum absolute atomic E-state index is 12.3. The molecule has 1 aliphatic heterocycles. The first-order valence-corrected chi connectivity index (χ1v) is 10.8. The van der Waals surface area contributed by atoms with Crippen molar-refractivity contribution in [3.8, 4) is 5.75 Å².